The fraction of sp³-hybridized carbons (Fsp3) is 0.500. The van der Waals surface area contributed by atoms with E-state index < -0.39 is 0 Å². The molecule has 2 amide bonds. The fourth-order valence-corrected chi connectivity index (χ4v) is 5.53. The standard InChI is InChI=1S/C24H26FN3O3/c1-14(16-4-5-16)27-13-24(9-10-24)28-18-8-11-26(12-15-2-6-17(25)7-3-15)22(30)19(18)21(29)20(28)23(27)31/h2-3,6-7,14,16,29H,4-5,8-13H2,1H3. The summed E-state index contributed by atoms with van der Waals surface area (Å²) in [6.45, 7) is 3.64. The lowest BCUT2D eigenvalue weighted by atomic mass is 10.0. The second kappa shape index (κ2) is 6.34. The van der Waals surface area contributed by atoms with E-state index in [1.165, 1.54) is 12.1 Å². The fourth-order valence-electron chi connectivity index (χ4n) is 5.53. The lowest BCUT2D eigenvalue weighted by molar-refractivity contribution is 0.0535. The van der Waals surface area contributed by atoms with Gasteiger partial charge in [-0.15, -0.1) is 0 Å². The number of nitrogens with zero attached hydrogens (tertiary/aromatic N) is 3. The third-order valence-corrected chi connectivity index (χ3v) is 7.67. The monoisotopic (exact) mass is 423 g/mol. The van der Waals surface area contributed by atoms with Crippen molar-refractivity contribution in [3.63, 3.8) is 0 Å². The van der Waals surface area contributed by atoms with Gasteiger partial charge in [0, 0.05) is 37.8 Å². The van der Waals surface area contributed by atoms with E-state index in [-0.39, 0.29) is 40.5 Å². The van der Waals surface area contributed by atoms with Crippen LogP contribution in [0.5, 0.6) is 5.75 Å². The van der Waals surface area contributed by atoms with Crippen LogP contribution in [0.4, 0.5) is 4.39 Å². The quantitative estimate of drug-likeness (QED) is 0.821. The molecule has 4 aliphatic rings. The Morgan fingerprint density at radius 2 is 1.87 bits per heavy atom. The predicted octanol–water partition coefficient (Wildman–Crippen LogP) is 3.27. The van der Waals surface area contributed by atoms with Gasteiger partial charge in [-0.3, -0.25) is 9.59 Å². The average molecular weight is 423 g/mol. The Morgan fingerprint density at radius 1 is 1.16 bits per heavy atom. The molecule has 1 atom stereocenters. The van der Waals surface area contributed by atoms with Gasteiger partial charge in [0.1, 0.15) is 11.4 Å². The van der Waals surface area contributed by atoms with Gasteiger partial charge in [-0.2, -0.15) is 0 Å². The number of aromatic nitrogens is 1. The van der Waals surface area contributed by atoms with Gasteiger partial charge >= 0.3 is 0 Å². The van der Waals surface area contributed by atoms with E-state index in [4.69, 9.17) is 0 Å². The van der Waals surface area contributed by atoms with Crippen molar-refractivity contribution in [2.75, 3.05) is 13.1 Å². The predicted molar refractivity (Wildman–Crippen MR) is 111 cm³/mol. The van der Waals surface area contributed by atoms with E-state index in [9.17, 15) is 19.1 Å². The van der Waals surface area contributed by atoms with Gasteiger partial charge in [0.25, 0.3) is 11.8 Å². The minimum Gasteiger partial charge on any atom is -0.505 e. The molecule has 0 bridgehead atoms. The van der Waals surface area contributed by atoms with Crippen LogP contribution in [0.2, 0.25) is 0 Å². The number of aromatic hydroxyl groups is 1. The molecule has 6 rings (SSSR count). The zero-order chi connectivity index (χ0) is 21.5. The molecule has 1 aromatic heterocycles. The number of halogens is 1. The van der Waals surface area contributed by atoms with E-state index in [0.29, 0.717) is 37.7 Å². The van der Waals surface area contributed by atoms with Crippen molar-refractivity contribution in [3.8, 4) is 5.75 Å². The Hall–Kier alpha value is -2.83. The Balaban J connectivity index is 1.37. The number of hydrogen-bond acceptors (Lipinski definition) is 3. The highest BCUT2D eigenvalue weighted by atomic mass is 19.1. The number of carbonyl (C=O) groups is 2. The largest absolute Gasteiger partial charge is 0.505 e. The second-order valence-corrected chi connectivity index (χ2v) is 9.69. The van der Waals surface area contributed by atoms with Gasteiger partial charge in [0.15, 0.2) is 11.4 Å². The van der Waals surface area contributed by atoms with Crippen LogP contribution in [0, 0.1) is 11.7 Å². The van der Waals surface area contributed by atoms with Crippen LogP contribution in [-0.4, -0.2) is 50.4 Å². The average Bonchev–Trinajstić information content (AvgIpc) is 3.68. The van der Waals surface area contributed by atoms with Crippen molar-refractivity contribution < 1.29 is 19.1 Å². The molecule has 0 saturated heterocycles. The number of rotatable bonds is 4. The summed E-state index contributed by atoms with van der Waals surface area (Å²) in [6, 6.07) is 6.27. The van der Waals surface area contributed by atoms with Crippen LogP contribution in [0.25, 0.3) is 0 Å². The molecular formula is C24H26FN3O3. The Bertz CT molecular complexity index is 1100. The maximum Gasteiger partial charge on any atom is 0.274 e. The number of carbonyl (C=O) groups excluding carboxylic acids is 2. The summed E-state index contributed by atoms with van der Waals surface area (Å²) >= 11 is 0. The summed E-state index contributed by atoms with van der Waals surface area (Å²) in [5.41, 5.74) is 2.05. The van der Waals surface area contributed by atoms with Crippen LogP contribution in [0.15, 0.2) is 24.3 Å². The normalized spacial score (nSPS) is 22.5. The van der Waals surface area contributed by atoms with Crippen molar-refractivity contribution in [1.29, 1.82) is 0 Å². The first-order valence-electron chi connectivity index (χ1n) is 11.2. The van der Waals surface area contributed by atoms with Crippen LogP contribution in [0.1, 0.15) is 64.7 Å². The molecule has 2 fully saturated rings. The minimum absolute atomic E-state index is 0.151. The number of benzene rings is 1. The topological polar surface area (TPSA) is 65.8 Å². The van der Waals surface area contributed by atoms with Crippen molar-refractivity contribution >= 4 is 11.8 Å². The van der Waals surface area contributed by atoms with Crippen molar-refractivity contribution in [3.05, 3.63) is 52.6 Å². The molecule has 162 valence electrons. The van der Waals surface area contributed by atoms with Crippen LogP contribution >= 0.6 is 0 Å². The molecule has 2 aromatic rings. The van der Waals surface area contributed by atoms with E-state index in [1.807, 2.05) is 9.47 Å². The molecule has 2 aliphatic carbocycles. The smallest absolute Gasteiger partial charge is 0.274 e. The van der Waals surface area contributed by atoms with Gasteiger partial charge in [0.2, 0.25) is 0 Å². The highest BCUT2D eigenvalue weighted by Crippen LogP contribution is 2.53. The molecule has 0 radical (unpaired) electrons. The molecule has 1 aromatic carbocycles. The molecule has 31 heavy (non-hydrogen) atoms. The molecule has 6 nitrogen and oxygen atoms in total. The van der Waals surface area contributed by atoms with E-state index in [1.54, 1.807) is 17.0 Å². The van der Waals surface area contributed by atoms with E-state index >= 15 is 0 Å². The number of hydrogen-bond donors (Lipinski definition) is 1. The first-order valence-corrected chi connectivity index (χ1v) is 11.2. The summed E-state index contributed by atoms with van der Waals surface area (Å²) in [5.74, 6) is -0.331. The maximum absolute atomic E-state index is 13.4. The third-order valence-electron chi connectivity index (χ3n) is 7.67. The minimum atomic E-state index is -0.313. The zero-order valence-corrected chi connectivity index (χ0v) is 17.6. The highest BCUT2D eigenvalue weighted by molar-refractivity contribution is 6.06. The lowest BCUT2D eigenvalue weighted by Crippen LogP contribution is -2.51. The third kappa shape index (κ3) is 2.75. The van der Waals surface area contributed by atoms with Crippen molar-refractivity contribution in [2.24, 2.45) is 5.92 Å². The number of fused-ring (bicyclic) bond motifs is 4. The number of amides is 2. The van der Waals surface area contributed by atoms with Gasteiger partial charge in [-0.25, -0.2) is 4.39 Å². The zero-order valence-electron chi connectivity index (χ0n) is 17.6. The van der Waals surface area contributed by atoms with Crippen LogP contribution in [-0.2, 0) is 18.5 Å². The first-order chi connectivity index (χ1) is 14.9. The molecule has 2 saturated carbocycles. The van der Waals surface area contributed by atoms with Crippen molar-refractivity contribution in [1.82, 2.24) is 14.4 Å². The van der Waals surface area contributed by atoms with Crippen molar-refractivity contribution in [2.45, 2.75) is 57.2 Å². The molecule has 2 aliphatic heterocycles. The van der Waals surface area contributed by atoms with Crippen LogP contribution in [0.3, 0.4) is 0 Å². The second-order valence-electron chi connectivity index (χ2n) is 9.69. The van der Waals surface area contributed by atoms with E-state index in [0.717, 1.165) is 36.9 Å². The SMILES string of the molecule is CC(C1CC1)N1CC2(CC2)n2c3c(c(O)c2C1=O)C(=O)N(Cc1ccc(F)cc1)CC3. The van der Waals surface area contributed by atoms with Gasteiger partial charge < -0.3 is 19.5 Å². The molecule has 3 heterocycles. The molecule has 7 heteroatoms. The first kappa shape index (κ1) is 18.9. The van der Waals surface area contributed by atoms with Gasteiger partial charge in [-0.1, -0.05) is 12.1 Å². The molecular weight excluding hydrogens is 397 g/mol. The highest BCUT2D eigenvalue weighted by Gasteiger charge is 2.56. The Kier molecular flexibility index (Phi) is 3.87. The summed E-state index contributed by atoms with van der Waals surface area (Å²) in [6.07, 6.45) is 4.84. The Morgan fingerprint density at radius 3 is 2.52 bits per heavy atom. The Labute approximate surface area is 180 Å². The summed E-state index contributed by atoms with van der Waals surface area (Å²) in [4.78, 5) is 30.4. The maximum atomic E-state index is 13.4. The van der Waals surface area contributed by atoms with E-state index in [2.05, 4.69) is 6.92 Å². The summed E-state index contributed by atoms with van der Waals surface area (Å²) < 4.78 is 15.2. The summed E-state index contributed by atoms with van der Waals surface area (Å²) in [5, 5.41) is 11.1. The molecule has 1 unspecified atom stereocenters. The van der Waals surface area contributed by atoms with Gasteiger partial charge in [0.05, 0.1) is 5.54 Å². The summed E-state index contributed by atoms with van der Waals surface area (Å²) in [7, 11) is 0. The van der Waals surface area contributed by atoms with Crippen LogP contribution < -0.4 is 0 Å². The van der Waals surface area contributed by atoms with Gasteiger partial charge in [-0.05, 0) is 56.2 Å². The lowest BCUT2D eigenvalue weighted by Gasteiger charge is -2.40. The molecule has 1 N–H and O–H groups in total. The molecule has 1 spiro atoms.